The van der Waals surface area contributed by atoms with Gasteiger partial charge in [-0.05, 0) is 20.3 Å². The number of carbonyl (C=O) groups is 1. The van der Waals surface area contributed by atoms with Crippen molar-refractivity contribution in [3.05, 3.63) is 22.2 Å². The van der Waals surface area contributed by atoms with Gasteiger partial charge in [0.1, 0.15) is 18.2 Å². The number of anilines is 1. The number of rotatable bonds is 6. The summed E-state index contributed by atoms with van der Waals surface area (Å²) < 4.78 is 4.91. The molecule has 1 aromatic rings. The van der Waals surface area contributed by atoms with Crippen molar-refractivity contribution in [2.24, 2.45) is 0 Å². The highest BCUT2D eigenvalue weighted by molar-refractivity contribution is 5.75. The van der Waals surface area contributed by atoms with Crippen molar-refractivity contribution in [2.45, 2.75) is 27.2 Å². The Labute approximate surface area is 106 Å². The molecule has 0 aliphatic heterocycles. The maximum atomic E-state index is 11.5. The normalized spacial score (nSPS) is 10.2. The lowest BCUT2D eigenvalue weighted by atomic mass is 10.3. The molecule has 100 valence electrons. The van der Waals surface area contributed by atoms with Crippen molar-refractivity contribution in [1.29, 1.82) is 0 Å². The molecule has 0 atom stereocenters. The Bertz CT molecular complexity index is 456. The van der Waals surface area contributed by atoms with Gasteiger partial charge in [0.25, 0.3) is 5.56 Å². The van der Waals surface area contributed by atoms with Crippen LogP contribution in [0.15, 0.2) is 10.9 Å². The highest BCUT2D eigenvalue weighted by Gasteiger charge is 2.13. The van der Waals surface area contributed by atoms with Gasteiger partial charge in [0.2, 0.25) is 0 Å². The Kier molecular flexibility index (Phi) is 5.35. The van der Waals surface area contributed by atoms with Crippen molar-refractivity contribution in [3.63, 3.8) is 0 Å². The van der Waals surface area contributed by atoms with E-state index in [4.69, 9.17) is 4.74 Å². The maximum Gasteiger partial charge on any atom is 0.325 e. The molecule has 0 unspecified atom stereocenters. The molecule has 0 saturated heterocycles. The summed E-state index contributed by atoms with van der Waals surface area (Å²) in [6, 6.07) is 1.39. The Morgan fingerprint density at radius 3 is 2.78 bits per heavy atom. The molecule has 1 N–H and O–H groups in total. The minimum absolute atomic E-state index is 0.109. The number of aromatic amines is 1. The standard InChI is InChI=1S/C12H19N3O3/c1-4-6-15(8-12(17)18-5-2)10-7-11(16)14-9(3)13-10/h7H,4-6,8H2,1-3H3,(H,13,14,16). The minimum atomic E-state index is -0.314. The number of hydrogen-bond donors (Lipinski definition) is 1. The molecule has 0 bridgehead atoms. The topological polar surface area (TPSA) is 75.3 Å². The summed E-state index contributed by atoms with van der Waals surface area (Å²) in [5.41, 5.74) is -0.220. The first kappa shape index (κ1) is 14.2. The number of aryl methyl sites for hydroxylation is 1. The molecule has 18 heavy (non-hydrogen) atoms. The average molecular weight is 253 g/mol. The third kappa shape index (κ3) is 4.20. The minimum Gasteiger partial charge on any atom is -0.465 e. The Balaban J connectivity index is 2.89. The van der Waals surface area contributed by atoms with Gasteiger partial charge < -0.3 is 14.6 Å². The van der Waals surface area contributed by atoms with Gasteiger partial charge in [0, 0.05) is 12.6 Å². The van der Waals surface area contributed by atoms with Crippen LogP contribution in [0.4, 0.5) is 5.82 Å². The van der Waals surface area contributed by atoms with Crippen LogP contribution in [0.2, 0.25) is 0 Å². The lowest BCUT2D eigenvalue weighted by Crippen LogP contribution is -2.33. The number of H-pyrrole nitrogens is 1. The molecule has 1 heterocycles. The first-order valence-electron chi connectivity index (χ1n) is 6.05. The molecule has 0 fully saturated rings. The molecule has 0 aromatic carbocycles. The second-order valence-corrected chi connectivity index (χ2v) is 3.92. The van der Waals surface area contributed by atoms with Gasteiger partial charge in [0.05, 0.1) is 6.61 Å². The second-order valence-electron chi connectivity index (χ2n) is 3.92. The molecular weight excluding hydrogens is 234 g/mol. The third-order valence-electron chi connectivity index (χ3n) is 2.29. The van der Waals surface area contributed by atoms with Gasteiger partial charge >= 0.3 is 5.97 Å². The Morgan fingerprint density at radius 1 is 1.50 bits per heavy atom. The molecule has 0 amide bonds. The zero-order valence-corrected chi connectivity index (χ0v) is 11.0. The fraction of sp³-hybridized carbons (Fsp3) is 0.583. The summed E-state index contributed by atoms with van der Waals surface area (Å²) in [7, 11) is 0. The predicted octanol–water partition coefficient (Wildman–Crippen LogP) is 0.858. The van der Waals surface area contributed by atoms with E-state index in [0.29, 0.717) is 24.8 Å². The molecule has 0 radical (unpaired) electrons. The van der Waals surface area contributed by atoms with Crippen molar-refractivity contribution < 1.29 is 9.53 Å². The molecule has 6 heteroatoms. The summed E-state index contributed by atoms with van der Waals surface area (Å²) in [6.07, 6.45) is 0.854. The SMILES string of the molecule is CCCN(CC(=O)OCC)c1cc(=O)[nH]c(C)n1. The van der Waals surface area contributed by atoms with Gasteiger partial charge in [-0.3, -0.25) is 9.59 Å². The fourth-order valence-electron chi connectivity index (χ4n) is 1.63. The summed E-state index contributed by atoms with van der Waals surface area (Å²) >= 11 is 0. The zero-order valence-electron chi connectivity index (χ0n) is 11.0. The van der Waals surface area contributed by atoms with Crippen LogP contribution < -0.4 is 10.5 Å². The van der Waals surface area contributed by atoms with E-state index in [1.54, 1.807) is 18.7 Å². The largest absolute Gasteiger partial charge is 0.465 e. The van der Waals surface area contributed by atoms with E-state index in [-0.39, 0.29) is 18.1 Å². The number of nitrogens with zero attached hydrogens (tertiary/aromatic N) is 2. The van der Waals surface area contributed by atoms with Crippen LogP contribution in [0.5, 0.6) is 0 Å². The third-order valence-corrected chi connectivity index (χ3v) is 2.29. The van der Waals surface area contributed by atoms with E-state index in [1.807, 2.05) is 6.92 Å². The Morgan fingerprint density at radius 2 is 2.22 bits per heavy atom. The number of hydrogen-bond acceptors (Lipinski definition) is 5. The predicted molar refractivity (Wildman–Crippen MR) is 68.7 cm³/mol. The van der Waals surface area contributed by atoms with Gasteiger partial charge in [-0.2, -0.15) is 0 Å². The number of ether oxygens (including phenoxy) is 1. The fourth-order valence-corrected chi connectivity index (χ4v) is 1.63. The quantitative estimate of drug-likeness (QED) is 0.761. The van der Waals surface area contributed by atoms with Crippen LogP contribution in [0.3, 0.4) is 0 Å². The molecule has 1 aromatic heterocycles. The van der Waals surface area contributed by atoms with E-state index in [0.717, 1.165) is 6.42 Å². The Hall–Kier alpha value is -1.85. The van der Waals surface area contributed by atoms with E-state index < -0.39 is 0 Å². The van der Waals surface area contributed by atoms with Crippen LogP contribution in [-0.4, -0.2) is 35.6 Å². The maximum absolute atomic E-state index is 11.5. The molecule has 0 aliphatic carbocycles. The van der Waals surface area contributed by atoms with Crippen LogP contribution in [0, 0.1) is 6.92 Å². The number of nitrogens with one attached hydrogen (secondary N) is 1. The molecule has 0 aliphatic rings. The van der Waals surface area contributed by atoms with Crippen LogP contribution >= 0.6 is 0 Å². The lowest BCUT2D eigenvalue weighted by Gasteiger charge is -2.21. The monoisotopic (exact) mass is 253 g/mol. The second kappa shape index (κ2) is 6.78. The van der Waals surface area contributed by atoms with Gasteiger partial charge in [-0.15, -0.1) is 0 Å². The van der Waals surface area contributed by atoms with Crippen molar-refractivity contribution in [2.75, 3.05) is 24.6 Å². The first-order valence-corrected chi connectivity index (χ1v) is 6.05. The summed E-state index contributed by atoms with van der Waals surface area (Å²) in [5.74, 6) is 0.722. The number of carbonyl (C=O) groups excluding carboxylic acids is 1. The van der Waals surface area contributed by atoms with Crippen molar-refractivity contribution >= 4 is 11.8 Å². The van der Waals surface area contributed by atoms with E-state index in [1.165, 1.54) is 6.07 Å². The van der Waals surface area contributed by atoms with Crippen LogP contribution in [0.25, 0.3) is 0 Å². The number of aromatic nitrogens is 2. The van der Waals surface area contributed by atoms with E-state index >= 15 is 0 Å². The smallest absolute Gasteiger partial charge is 0.325 e. The summed E-state index contributed by atoms with van der Waals surface area (Å²) in [5, 5.41) is 0. The molecule has 0 spiro atoms. The summed E-state index contributed by atoms with van der Waals surface area (Å²) in [6.45, 7) is 6.57. The van der Waals surface area contributed by atoms with Crippen LogP contribution in [-0.2, 0) is 9.53 Å². The van der Waals surface area contributed by atoms with Gasteiger partial charge in [-0.1, -0.05) is 6.92 Å². The van der Waals surface area contributed by atoms with Gasteiger partial charge in [0.15, 0.2) is 0 Å². The molecule has 6 nitrogen and oxygen atoms in total. The van der Waals surface area contributed by atoms with E-state index in [2.05, 4.69) is 9.97 Å². The lowest BCUT2D eigenvalue weighted by molar-refractivity contribution is -0.141. The molecule has 1 rings (SSSR count). The molecular formula is C12H19N3O3. The van der Waals surface area contributed by atoms with Crippen LogP contribution in [0.1, 0.15) is 26.1 Å². The highest BCUT2D eigenvalue weighted by atomic mass is 16.5. The summed E-state index contributed by atoms with van der Waals surface area (Å²) in [4.78, 5) is 31.4. The zero-order chi connectivity index (χ0) is 13.5. The van der Waals surface area contributed by atoms with Crippen molar-refractivity contribution in [1.82, 2.24) is 9.97 Å². The molecule has 0 saturated carbocycles. The number of esters is 1. The van der Waals surface area contributed by atoms with E-state index in [9.17, 15) is 9.59 Å². The van der Waals surface area contributed by atoms with Gasteiger partial charge in [-0.25, -0.2) is 4.98 Å². The highest BCUT2D eigenvalue weighted by Crippen LogP contribution is 2.08. The first-order chi connectivity index (χ1) is 8.56. The van der Waals surface area contributed by atoms with Crippen molar-refractivity contribution in [3.8, 4) is 0 Å². The average Bonchev–Trinajstić information content (AvgIpc) is 2.27.